The van der Waals surface area contributed by atoms with Crippen LogP contribution in [0.5, 0.6) is 5.75 Å². The van der Waals surface area contributed by atoms with Crippen molar-refractivity contribution in [3.8, 4) is 5.75 Å². The molecule has 0 aliphatic rings. The molecule has 0 radical (unpaired) electrons. The minimum atomic E-state index is -4.52. The fraction of sp³-hybridized carbons (Fsp3) is 0.417. The Labute approximate surface area is 107 Å². The summed E-state index contributed by atoms with van der Waals surface area (Å²) >= 11 is 0. The minimum Gasteiger partial charge on any atom is -0.428 e. The van der Waals surface area contributed by atoms with Gasteiger partial charge in [0.05, 0.1) is 6.04 Å². The van der Waals surface area contributed by atoms with Gasteiger partial charge in [-0.3, -0.25) is 4.79 Å². The molecular weight excluding hydrogens is 266 g/mol. The van der Waals surface area contributed by atoms with Crippen LogP contribution >= 0.6 is 0 Å². The average molecular weight is 279 g/mol. The van der Waals surface area contributed by atoms with Crippen LogP contribution in [0.15, 0.2) is 24.3 Å². The first kappa shape index (κ1) is 15.3. The maximum Gasteiger partial charge on any atom is 0.461 e. The number of carbonyl (C=O) groups excluding carboxylic acids is 1. The molecule has 1 aromatic rings. The van der Waals surface area contributed by atoms with E-state index in [1.807, 2.05) is 0 Å². The van der Waals surface area contributed by atoms with Gasteiger partial charge in [0.15, 0.2) is 0 Å². The average Bonchev–Trinajstić information content (AvgIpc) is 2.28. The van der Waals surface area contributed by atoms with Crippen LogP contribution in [0.2, 0.25) is 0 Å². The minimum absolute atomic E-state index is 0.239. The number of halogens is 4. The number of hydrogen-bond donors (Lipinski definition) is 1. The molecule has 0 heterocycles. The maximum atomic E-state index is 12.6. The molecule has 0 saturated carbocycles. The Kier molecular flexibility index (Phi) is 4.74. The van der Waals surface area contributed by atoms with E-state index < -0.39 is 12.5 Å². The smallest absolute Gasteiger partial charge is 0.428 e. The first-order valence-corrected chi connectivity index (χ1v) is 5.44. The molecule has 0 bridgehead atoms. The number of hydrogen-bond acceptors (Lipinski definition) is 2. The highest BCUT2D eigenvalue weighted by atomic mass is 19.3. The molecule has 1 unspecified atom stereocenters. The summed E-state index contributed by atoms with van der Waals surface area (Å²) < 4.78 is 53.0. The topological polar surface area (TPSA) is 38.3 Å². The fourth-order valence-electron chi connectivity index (χ4n) is 1.41. The van der Waals surface area contributed by atoms with E-state index in [0.29, 0.717) is 5.56 Å². The number of amides is 1. The highest BCUT2D eigenvalue weighted by Crippen LogP contribution is 2.28. The van der Waals surface area contributed by atoms with Crippen LogP contribution in [0.3, 0.4) is 0 Å². The second kappa shape index (κ2) is 5.90. The summed E-state index contributed by atoms with van der Waals surface area (Å²) in [5, 5.41) is 2.60. The third-order valence-electron chi connectivity index (χ3n) is 2.31. The van der Waals surface area contributed by atoms with E-state index in [0.717, 1.165) is 12.1 Å². The molecule has 0 aromatic heterocycles. The maximum absolute atomic E-state index is 12.6. The van der Waals surface area contributed by atoms with Gasteiger partial charge in [0.25, 0.3) is 0 Å². The van der Waals surface area contributed by atoms with Crippen LogP contribution in [-0.4, -0.2) is 18.4 Å². The van der Waals surface area contributed by atoms with Gasteiger partial charge in [-0.2, -0.15) is 17.6 Å². The van der Waals surface area contributed by atoms with Crippen molar-refractivity contribution in [1.82, 2.24) is 5.32 Å². The molecule has 1 amide bonds. The predicted octanol–water partition coefficient (Wildman–Crippen LogP) is 3.12. The molecule has 0 aliphatic heterocycles. The molecule has 0 fully saturated rings. The zero-order chi connectivity index (χ0) is 14.6. The van der Waals surface area contributed by atoms with Crippen molar-refractivity contribution in [2.75, 3.05) is 0 Å². The lowest BCUT2D eigenvalue weighted by molar-refractivity contribution is -0.253. The number of rotatable bonds is 5. The SMILES string of the molecule is CC(=O)NC(C)c1ccc(OC(F)(F)C(F)F)cc1. The van der Waals surface area contributed by atoms with Crippen molar-refractivity contribution in [1.29, 1.82) is 0 Å². The van der Waals surface area contributed by atoms with Gasteiger partial charge in [0, 0.05) is 6.92 Å². The van der Waals surface area contributed by atoms with E-state index in [4.69, 9.17) is 0 Å². The fourth-order valence-corrected chi connectivity index (χ4v) is 1.41. The zero-order valence-electron chi connectivity index (χ0n) is 10.3. The van der Waals surface area contributed by atoms with Gasteiger partial charge in [0.1, 0.15) is 5.75 Å². The molecule has 1 aromatic carbocycles. The van der Waals surface area contributed by atoms with Crippen molar-refractivity contribution < 1.29 is 27.1 Å². The quantitative estimate of drug-likeness (QED) is 0.841. The molecule has 0 spiro atoms. The normalized spacial score (nSPS) is 13.2. The standard InChI is InChI=1S/C12H13F4NO2/c1-7(17-8(2)18)9-3-5-10(6-4-9)19-12(15,16)11(13)14/h3-7,11H,1-2H3,(H,17,18). The van der Waals surface area contributed by atoms with Gasteiger partial charge < -0.3 is 10.1 Å². The molecular formula is C12H13F4NO2. The Hall–Kier alpha value is -1.79. The molecule has 3 nitrogen and oxygen atoms in total. The molecule has 19 heavy (non-hydrogen) atoms. The van der Waals surface area contributed by atoms with E-state index in [9.17, 15) is 22.4 Å². The van der Waals surface area contributed by atoms with Crippen LogP contribution in [0.4, 0.5) is 17.6 Å². The highest BCUT2D eigenvalue weighted by molar-refractivity contribution is 5.73. The highest BCUT2D eigenvalue weighted by Gasteiger charge is 2.43. The Morgan fingerprint density at radius 3 is 2.21 bits per heavy atom. The summed E-state index contributed by atoms with van der Waals surface area (Å²) in [6.45, 7) is 3.04. The van der Waals surface area contributed by atoms with Gasteiger partial charge in [-0.05, 0) is 24.6 Å². The second-order valence-electron chi connectivity index (χ2n) is 3.96. The molecule has 0 aliphatic carbocycles. The monoisotopic (exact) mass is 279 g/mol. The summed E-state index contributed by atoms with van der Waals surface area (Å²) in [5.41, 5.74) is 0.642. The Morgan fingerprint density at radius 2 is 1.79 bits per heavy atom. The van der Waals surface area contributed by atoms with Crippen molar-refractivity contribution in [2.45, 2.75) is 32.4 Å². The Morgan fingerprint density at radius 1 is 1.26 bits per heavy atom. The molecule has 1 rings (SSSR count). The molecule has 106 valence electrons. The number of nitrogens with one attached hydrogen (secondary N) is 1. The number of alkyl halides is 4. The lowest BCUT2D eigenvalue weighted by Crippen LogP contribution is -2.33. The largest absolute Gasteiger partial charge is 0.461 e. The second-order valence-corrected chi connectivity index (χ2v) is 3.96. The van der Waals surface area contributed by atoms with Crippen LogP contribution in [0.1, 0.15) is 25.5 Å². The van der Waals surface area contributed by atoms with Crippen molar-refractivity contribution in [2.24, 2.45) is 0 Å². The van der Waals surface area contributed by atoms with Crippen LogP contribution < -0.4 is 10.1 Å². The van der Waals surface area contributed by atoms with E-state index >= 15 is 0 Å². The van der Waals surface area contributed by atoms with Gasteiger partial charge in [-0.15, -0.1) is 0 Å². The summed E-state index contributed by atoms with van der Waals surface area (Å²) in [5.74, 6) is -0.610. The Balaban J connectivity index is 2.74. The van der Waals surface area contributed by atoms with Crippen molar-refractivity contribution in [3.05, 3.63) is 29.8 Å². The third kappa shape index (κ3) is 4.42. The van der Waals surface area contributed by atoms with Crippen LogP contribution in [0, 0.1) is 0 Å². The van der Waals surface area contributed by atoms with Gasteiger partial charge >= 0.3 is 12.5 Å². The number of ether oxygens (including phenoxy) is 1. The molecule has 1 N–H and O–H groups in total. The van der Waals surface area contributed by atoms with Gasteiger partial charge in [-0.25, -0.2) is 0 Å². The van der Waals surface area contributed by atoms with E-state index in [1.165, 1.54) is 19.1 Å². The first-order valence-electron chi connectivity index (χ1n) is 5.44. The lowest BCUT2D eigenvalue weighted by atomic mass is 10.1. The van der Waals surface area contributed by atoms with E-state index in [2.05, 4.69) is 10.1 Å². The van der Waals surface area contributed by atoms with Crippen molar-refractivity contribution >= 4 is 5.91 Å². The Bertz CT molecular complexity index is 434. The summed E-state index contributed by atoms with van der Waals surface area (Å²) in [4.78, 5) is 10.8. The number of carbonyl (C=O) groups is 1. The molecule has 1 atom stereocenters. The van der Waals surface area contributed by atoms with E-state index in [-0.39, 0.29) is 17.7 Å². The zero-order valence-corrected chi connectivity index (χ0v) is 10.3. The van der Waals surface area contributed by atoms with Crippen LogP contribution in [-0.2, 0) is 4.79 Å². The molecule has 0 saturated heterocycles. The van der Waals surface area contributed by atoms with Gasteiger partial charge in [0.2, 0.25) is 5.91 Å². The number of benzene rings is 1. The summed E-state index contributed by atoms with van der Waals surface area (Å²) in [6.07, 6.45) is -8.42. The van der Waals surface area contributed by atoms with Crippen LogP contribution in [0.25, 0.3) is 0 Å². The summed E-state index contributed by atoms with van der Waals surface area (Å²) in [6, 6.07) is 4.80. The molecule has 7 heteroatoms. The first-order chi connectivity index (χ1) is 8.72. The van der Waals surface area contributed by atoms with Gasteiger partial charge in [-0.1, -0.05) is 12.1 Å². The van der Waals surface area contributed by atoms with Crippen molar-refractivity contribution in [3.63, 3.8) is 0 Å². The van der Waals surface area contributed by atoms with E-state index in [1.54, 1.807) is 6.92 Å². The lowest BCUT2D eigenvalue weighted by Gasteiger charge is -2.18. The summed E-state index contributed by atoms with van der Waals surface area (Å²) in [7, 11) is 0. The third-order valence-corrected chi connectivity index (χ3v) is 2.31. The predicted molar refractivity (Wildman–Crippen MR) is 60.3 cm³/mol.